The predicted octanol–water partition coefficient (Wildman–Crippen LogP) is 3.55. The van der Waals surface area contributed by atoms with E-state index in [1.807, 2.05) is 6.07 Å². The van der Waals surface area contributed by atoms with Crippen LogP contribution < -0.4 is 9.47 Å². The molecule has 24 heavy (non-hydrogen) atoms. The molecule has 1 aliphatic rings. The van der Waals surface area contributed by atoms with E-state index in [2.05, 4.69) is 4.98 Å². The van der Waals surface area contributed by atoms with Gasteiger partial charge in [0.15, 0.2) is 11.0 Å². The number of nitrogens with zero attached hydrogens (tertiary/aromatic N) is 2. The van der Waals surface area contributed by atoms with Gasteiger partial charge in [0.25, 0.3) is 0 Å². The first kappa shape index (κ1) is 17.2. The van der Waals surface area contributed by atoms with E-state index in [-0.39, 0.29) is 28.0 Å². The Morgan fingerprint density at radius 1 is 1.29 bits per heavy atom. The third kappa shape index (κ3) is 2.91. The van der Waals surface area contributed by atoms with Crippen molar-refractivity contribution >= 4 is 23.2 Å². The van der Waals surface area contributed by atoms with E-state index in [9.17, 15) is 9.50 Å². The van der Waals surface area contributed by atoms with E-state index in [1.54, 1.807) is 31.3 Å². The number of aromatic nitrogens is 1. The molecule has 1 N–H and O–H groups in total. The van der Waals surface area contributed by atoms with Crippen molar-refractivity contribution < 1.29 is 19.0 Å². The number of ether oxygens (including phenoxy) is 2. The van der Waals surface area contributed by atoms with Crippen molar-refractivity contribution in [2.45, 2.75) is 19.3 Å². The van der Waals surface area contributed by atoms with Crippen molar-refractivity contribution in [1.82, 2.24) is 9.88 Å². The number of halogens is 3. The molecule has 1 unspecified atom stereocenters. The maximum absolute atomic E-state index is 14.2. The van der Waals surface area contributed by atoms with Crippen molar-refractivity contribution in [2.75, 3.05) is 14.2 Å². The number of hydrogen-bond acceptors (Lipinski definition) is 5. The lowest BCUT2D eigenvalue weighted by Crippen LogP contribution is -2.21. The van der Waals surface area contributed by atoms with Crippen molar-refractivity contribution in [2.24, 2.45) is 0 Å². The van der Waals surface area contributed by atoms with Gasteiger partial charge in [-0.25, -0.2) is 9.37 Å². The summed E-state index contributed by atoms with van der Waals surface area (Å²) in [4.78, 5) is 5.38. The average molecular weight is 373 g/mol. The van der Waals surface area contributed by atoms with Crippen LogP contribution in [0.25, 0.3) is 0 Å². The van der Waals surface area contributed by atoms with Crippen LogP contribution in [0.2, 0.25) is 10.3 Å². The van der Waals surface area contributed by atoms with Gasteiger partial charge in [0.1, 0.15) is 22.9 Å². The van der Waals surface area contributed by atoms with Gasteiger partial charge in [0, 0.05) is 35.8 Å². The van der Waals surface area contributed by atoms with E-state index in [1.165, 1.54) is 0 Å². The van der Waals surface area contributed by atoms with Gasteiger partial charge in [-0.15, -0.1) is 0 Å². The molecule has 3 rings (SSSR count). The van der Waals surface area contributed by atoms with E-state index in [4.69, 9.17) is 32.7 Å². The lowest BCUT2D eigenvalue weighted by atomic mass is 10.1. The number of hydrogen-bond donors (Lipinski definition) is 1. The Kier molecular flexibility index (Phi) is 4.83. The van der Waals surface area contributed by atoms with Gasteiger partial charge in [-0.1, -0.05) is 29.3 Å². The molecule has 128 valence electrons. The summed E-state index contributed by atoms with van der Waals surface area (Å²) in [7, 11) is 3.12. The molecule has 1 aromatic heterocycles. The molecule has 8 heteroatoms. The summed E-state index contributed by atoms with van der Waals surface area (Å²) in [6.07, 6.45) is -1.07. The van der Waals surface area contributed by atoms with Crippen molar-refractivity contribution in [3.05, 3.63) is 51.0 Å². The number of pyridine rings is 1. The number of aliphatic hydroxyl groups excluding tert-OH is 1. The molecular formula is C16H15Cl2FN2O3. The second-order valence-corrected chi connectivity index (χ2v) is 6.07. The maximum Gasteiger partial charge on any atom is 0.166 e. The third-order valence-electron chi connectivity index (χ3n) is 4.02. The molecule has 1 aliphatic heterocycles. The van der Waals surface area contributed by atoms with Crippen molar-refractivity contribution in [3.63, 3.8) is 0 Å². The van der Waals surface area contributed by atoms with Crippen LogP contribution in [0.15, 0.2) is 18.2 Å². The van der Waals surface area contributed by atoms with E-state index >= 15 is 0 Å². The highest BCUT2D eigenvalue weighted by Gasteiger charge is 2.35. The number of aliphatic hydroxyl groups is 1. The Hall–Kier alpha value is -1.60. The molecule has 0 amide bonds. The second-order valence-electron chi connectivity index (χ2n) is 5.36. The second kappa shape index (κ2) is 6.72. The minimum absolute atomic E-state index is 0.00750. The summed E-state index contributed by atoms with van der Waals surface area (Å²) in [6.45, 7) is 0.496. The van der Waals surface area contributed by atoms with Crippen LogP contribution in [0.4, 0.5) is 4.39 Å². The summed E-state index contributed by atoms with van der Waals surface area (Å²) in [5.41, 5.74) is 1.34. The number of methoxy groups -OCH3 is 2. The predicted molar refractivity (Wildman–Crippen MR) is 88.0 cm³/mol. The van der Waals surface area contributed by atoms with Gasteiger partial charge < -0.3 is 14.6 Å². The van der Waals surface area contributed by atoms with Crippen molar-refractivity contribution in [1.29, 1.82) is 0 Å². The summed E-state index contributed by atoms with van der Waals surface area (Å²) in [5, 5.41) is 10.2. The summed E-state index contributed by atoms with van der Waals surface area (Å²) in [6, 6.07) is 5.37. The summed E-state index contributed by atoms with van der Waals surface area (Å²) >= 11 is 11.7. The number of benzene rings is 1. The first-order valence-electron chi connectivity index (χ1n) is 7.12. The first-order chi connectivity index (χ1) is 11.5. The molecule has 0 radical (unpaired) electrons. The van der Waals surface area contributed by atoms with Crippen LogP contribution in [-0.2, 0) is 13.1 Å². The average Bonchev–Trinajstić information content (AvgIpc) is 2.90. The van der Waals surface area contributed by atoms with Crippen molar-refractivity contribution in [3.8, 4) is 11.5 Å². The minimum Gasteiger partial charge on any atom is -0.497 e. The largest absolute Gasteiger partial charge is 0.497 e. The number of fused-ring (bicyclic) bond motifs is 1. The number of rotatable bonds is 4. The monoisotopic (exact) mass is 372 g/mol. The highest BCUT2D eigenvalue weighted by atomic mass is 35.5. The van der Waals surface area contributed by atoms with Gasteiger partial charge in [0.05, 0.1) is 14.2 Å². The van der Waals surface area contributed by atoms with Crippen LogP contribution in [0, 0.1) is 5.82 Å². The Morgan fingerprint density at radius 3 is 2.71 bits per heavy atom. The molecule has 2 heterocycles. The van der Waals surface area contributed by atoms with Gasteiger partial charge in [-0.3, -0.25) is 4.90 Å². The molecule has 0 bridgehead atoms. The highest BCUT2D eigenvalue weighted by Crippen LogP contribution is 2.40. The lowest BCUT2D eigenvalue weighted by Gasteiger charge is -2.21. The zero-order chi connectivity index (χ0) is 17.4. The highest BCUT2D eigenvalue weighted by molar-refractivity contribution is 6.33. The quantitative estimate of drug-likeness (QED) is 0.831. The zero-order valence-corrected chi connectivity index (χ0v) is 14.5. The molecule has 0 fully saturated rings. The van der Waals surface area contributed by atoms with E-state index in [0.717, 1.165) is 5.56 Å². The fraction of sp³-hybridized carbons (Fsp3) is 0.312. The van der Waals surface area contributed by atoms with Crippen LogP contribution in [0.1, 0.15) is 22.9 Å². The summed E-state index contributed by atoms with van der Waals surface area (Å²) in [5.74, 6) is 0.616. The van der Waals surface area contributed by atoms with E-state index < -0.39 is 12.0 Å². The Bertz CT molecular complexity index is 788. The molecule has 1 aromatic carbocycles. The molecule has 0 aliphatic carbocycles. The van der Waals surface area contributed by atoms with Crippen LogP contribution >= 0.6 is 23.2 Å². The SMILES string of the molecule is COc1ccc(CN2Cc3c(F)c(Cl)nc(Cl)c3C2O)c(OC)c1. The molecule has 2 aromatic rings. The van der Waals surface area contributed by atoms with Crippen LogP contribution in [0.5, 0.6) is 11.5 Å². The standard InChI is InChI=1S/C16H15Cl2FN2O3/c1-23-9-4-3-8(11(5-9)24-2)6-21-7-10-12(16(21)22)14(17)20-15(18)13(10)19/h3-5,16,22H,6-7H2,1-2H3. The van der Waals surface area contributed by atoms with Gasteiger partial charge in [-0.05, 0) is 6.07 Å². The molecule has 0 spiro atoms. The molecule has 1 atom stereocenters. The first-order valence-corrected chi connectivity index (χ1v) is 7.88. The molecule has 5 nitrogen and oxygen atoms in total. The molecule has 0 saturated carbocycles. The Morgan fingerprint density at radius 2 is 2.04 bits per heavy atom. The maximum atomic E-state index is 14.2. The van der Waals surface area contributed by atoms with Gasteiger partial charge in [0.2, 0.25) is 0 Å². The third-order valence-corrected chi connectivity index (χ3v) is 4.56. The topological polar surface area (TPSA) is 54.8 Å². The fourth-order valence-electron chi connectivity index (χ4n) is 2.80. The minimum atomic E-state index is -1.07. The van der Waals surface area contributed by atoms with E-state index in [0.29, 0.717) is 18.0 Å². The van der Waals surface area contributed by atoms with Gasteiger partial charge in [-0.2, -0.15) is 0 Å². The van der Waals surface area contributed by atoms with Crippen LogP contribution in [-0.4, -0.2) is 29.2 Å². The van der Waals surface area contributed by atoms with Crippen LogP contribution in [0.3, 0.4) is 0 Å². The molecular weight excluding hydrogens is 358 g/mol. The Labute approximate surface area is 148 Å². The molecule has 0 saturated heterocycles. The Balaban J connectivity index is 1.91. The van der Waals surface area contributed by atoms with Gasteiger partial charge >= 0.3 is 0 Å². The smallest absolute Gasteiger partial charge is 0.166 e. The lowest BCUT2D eigenvalue weighted by molar-refractivity contribution is 0.00713. The fourth-order valence-corrected chi connectivity index (χ4v) is 3.33. The zero-order valence-electron chi connectivity index (χ0n) is 13.0. The normalized spacial score (nSPS) is 17.0. The summed E-state index contributed by atoms with van der Waals surface area (Å²) < 4.78 is 24.7.